The average molecular weight is 355 g/mol. The molecule has 0 saturated carbocycles. The summed E-state index contributed by atoms with van der Waals surface area (Å²) in [5.41, 5.74) is 6.23. The van der Waals surface area contributed by atoms with Crippen LogP contribution in [0.25, 0.3) is 0 Å². The van der Waals surface area contributed by atoms with Gasteiger partial charge in [0.15, 0.2) is 0 Å². The van der Waals surface area contributed by atoms with Crippen LogP contribution in [0.1, 0.15) is 50.0 Å². The second-order valence-electron chi connectivity index (χ2n) is 6.84. The third-order valence-corrected chi connectivity index (χ3v) is 5.10. The summed E-state index contributed by atoms with van der Waals surface area (Å²) < 4.78 is 5.88. The van der Waals surface area contributed by atoms with Crippen LogP contribution in [-0.4, -0.2) is 33.8 Å². The molecular formula is C23H34N2O. The van der Waals surface area contributed by atoms with Crippen molar-refractivity contribution in [1.82, 2.24) is 0 Å². The summed E-state index contributed by atoms with van der Waals surface area (Å²) in [4.78, 5) is 4.66. The molecule has 0 bridgehead atoms. The van der Waals surface area contributed by atoms with Gasteiger partial charge >= 0.3 is 0 Å². The molecule has 0 fully saturated rings. The molecule has 0 aromatic heterocycles. The fourth-order valence-corrected chi connectivity index (χ4v) is 3.55. The fraction of sp³-hybridized carbons (Fsp3) is 0.478. The maximum absolute atomic E-state index is 5.88. The Hall–Kier alpha value is -2.00. The Morgan fingerprint density at radius 3 is 2.04 bits per heavy atom. The number of nitrogens with zero attached hydrogens (tertiary/aromatic N) is 2. The molecule has 1 unspecified atom stereocenters. The van der Waals surface area contributed by atoms with E-state index in [0.29, 0.717) is 0 Å². The summed E-state index contributed by atoms with van der Waals surface area (Å²) in [5, 5.41) is 0. The van der Waals surface area contributed by atoms with Gasteiger partial charge in [-0.3, -0.25) is 0 Å². The van der Waals surface area contributed by atoms with Crippen LogP contribution in [0, 0.1) is 6.92 Å². The summed E-state index contributed by atoms with van der Waals surface area (Å²) in [5.74, 6) is 0. The topological polar surface area (TPSA) is 15.7 Å². The number of ether oxygens (including phenoxy) is 1. The first-order valence-electron chi connectivity index (χ1n) is 9.75. The van der Waals surface area contributed by atoms with Crippen LogP contribution >= 0.6 is 0 Å². The summed E-state index contributed by atoms with van der Waals surface area (Å²) >= 11 is 0. The van der Waals surface area contributed by atoms with Crippen molar-refractivity contribution in [3.63, 3.8) is 0 Å². The van der Waals surface area contributed by atoms with Crippen molar-refractivity contribution in [2.24, 2.45) is 0 Å². The Kier molecular flexibility index (Phi) is 7.52. The van der Waals surface area contributed by atoms with Crippen LogP contribution in [0.2, 0.25) is 0 Å². The van der Waals surface area contributed by atoms with Crippen LogP contribution in [0.4, 0.5) is 11.4 Å². The normalized spacial score (nSPS) is 12.1. The molecule has 0 amide bonds. The van der Waals surface area contributed by atoms with Gasteiger partial charge in [-0.1, -0.05) is 25.1 Å². The Balaban J connectivity index is 2.28. The molecule has 0 aliphatic rings. The molecule has 2 aromatic carbocycles. The lowest BCUT2D eigenvalue weighted by Crippen LogP contribution is -2.22. The van der Waals surface area contributed by atoms with E-state index in [-0.39, 0.29) is 6.10 Å². The van der Waals surface area contributed by atoms with E-state index in [1.165, 1.54) is 28.1 Å². The summed E-state index contributed by atoms with van der Waals surface area (Å²) in [6, 6.07) is 15.5. The average Bonchev–Trinajstić information content (AvgIpc) is 2.65. The molecule has 2 rings (SSSR count). The van der Waals surface area contributed by atoms with Gasteiger partial charge in [-0.05, 0) is 68.1 Å². The lowest BCUT2D eigenvalue weighted by Gasteiger charge is -2.25. The smallest absolute Gasteiger partial charge is 0.107 e. The van der Waals surface area contributed by atoms with E-state index in [1.54, 1.807) is 7.11 Å². The van der Waals surface area contributed by atoms with Gasteiger partial charge in [0.1, 0.15) is 6.10 Å². The van der Waals surface area contributed by atoms with Crippen molar-refractivity contribution in [2.75, 3.05) is 43.6 Å². The van der Waals surface area contributed by atoms with Gasteiger partial charge < -0.3 is 14.5 Å². The number of aryl methyl sites for hydroxylation is 1. The maximum Gasteiger partial charge on any atom is 0.107 e. The van der Waals surface area contributed by atoms with Crippen molar-refractivity contribution in [2.45, 2.75) is 40.2 Å². The Morgan fingerprint density at radius 2 is 1.54 bits per heavy atom. The number of methoxy groups -OCH3 is 1. The van der Waals surface area contributed by atoms with E-state index in [9.17, 15) is 0 Å². The van der Waals surface area contributed by atoms with Gasteiger partial charge in [0, 0.05) is 45.2 Å². The molecule has 3 heteroatoms. The minimum Gasteiger partial charge on any atom is -0.375 e. The highest BCUT2D eigenvalue weighted by atomic mass is 16.5. The largest absolute Gasteiger partial charge is 0.375 e. The van der Waals surface area contributed by atoms with Crippen LogP contribution in [0.3, 0.4) is 0 Å². The molecule has 0 N–H and O–H groups in total. The first-order valence-corrected chi connectivity index (χ1v) is 9.75. The molecule has 3 nitrogen and oxygen atoms in total. The van der Waals surface area contributed by atoms with Gasteiger partial charge in [-0.2, -0.15) is 0 Å². The minimum absolute atomic E-state index is 0.0358. The molecule has 2 aromatic rings. The van der Waals surface area contributed by atoms with E-state index in [1.807, 2.05) is 0 Å². The Bertz CT molecular complexity index is 677. The molecule has 0 spiro atoms. The lowest BCUT2D eigenvalue weighted by atomic mass is 9.96. The minimum atomic E-state index is -0.0358. The zero-order chi connectivity index (χ0) is 19.1. The molecule has 26 heavy (non-hydrogen) atoms. The molecule has 1 atom stereocenters. The van der Waals surface area contributed by atoms with Gasteiger partial charge in [-0.25, -0.2) is 0 Å². The summed E-state index contributed by atoms with van der Waals surface area (Å²) in [7, 11) is 3.93. The number of hydrogen-bond acceptors (Lipinski definition) is 3. The van der Waals surface area contributed by atoms with Gasteiger partial charge in [0.25, 0.3) is 0 Å². The molecule has 0 heterocycles. The Morgan fingerprint density at radius 1 is 0.923 bits per heavy atom. The van der Waals surface area contributed by atoms with Gasteiger partial charge in [0.05, 0.1) is 0 Å². The first-order chi connectivity index (χ1) is 12.5. The number of anilines is 2. The third kappa shape index (κ3) is 4.59. The zero-order valence-electron chi connectivity index (χ0n) is 17.2. The van der Waals surface area contributed by atoms with Crippen LogP contribution in [0.5, 0.6) is 0 Å². The van der Waals surface area contributed by atoms with Crippen LogP contribution in [-0.2, 0) is 4.74 Å². The number of benzene rings is 2. The van der Waals surface area contributed by atoms with Crippen molar-refractivity contribution in [3.8, 4) is 0 Å². The predicted octanol–water partition coefficient (Wildman–Crippen LogP) is 5.42. The molecule has 0 radical (unpaired) electrons. The van der Waals surface area contributed by atoms with Crippen LogP contribution < -0.4 is 9.80 Å². The fourth-order valence-electron chi connectivity index (χ4n) is 3.55. The number of hydrogen-bond donors (Lipinski definition) is 0. The standard InChI is InChI=1S/C23H34N2O/c1-7-16-24(5)20-12-10-19(11-13-20)23(26-6)22-15-14-21(17-18(22)4)25(8-2)9-3/h10-15,17,23H,7-9,16H2,1-6H3. The summed E-state index contributed by atoms with van der Waals surface area (Å²) in [6.07, 6.45) is 1.11. The van der Waals surface area contributed by atoms with Crippen molar-refractivity contribution in [1.29, 1.82) is 0 Å². The van der Waals surface area contributed by atoms with E-state index in [0.717, 1.165) is 26.1 Å². The van der Waals surface area contributed by atoms with Crippen molar-refractivity contribution >= 4 is 11.4 Å². The third-order valence-electron chi connectivity index (χ3n) is 5.10. The van der Waals surface area contributed by atoms with Crippen LogP contribution in [0.15, 0.2) is 42.5 Å². The maximum atomic E-state index is 5.88. The van der Waals surface area contributed by atoms with E-state index < -0.39 is 0 Å². The molecule has 0 saturated heterocycles. The highest BCUT2D eigenvalue weighted by molar-refractivity contribution is 5.53. The molecule has 0 aliphatic carbocycles. The first kappa shape index (κ1) is 20.3. The van der Waals surface area contributed by atoms with Gasteiger partial charge in [-0.15, -0.1) is 0 Å². The summed E-state index contributed by atoms with van der Waals surface area (Å²) in [6.45, 7) is 11.9. The molecule has 0 aliphatic heterocycles. The number of rotatable bonds is 9. The van der Waals surface area contributed by atoms with E-state index >= 15 is 0 Å². The van der Waals surface area contributed by atoms with Crippen molar-refractivity contribution in [3.05, 3.63) is 59.2 Å². The SMILES string of the molecule is CCCN(C)c1ccc(C(OC)c2ccc(N(CC)CC)cc2C)cc1. The lowest BCUT2D eigenvalue weighted by molar-refractivity contribution is 0.136. The van der Waals surface area contributed by atoms with E-state index in [2.05, 4.69) is 87.0 Å². The molecular weight excluding hydrogens is 320 g/mol. The molecule has 142 valence electrons. The van der Waals surface area contributed by atoms with E-state index in [4.69, 9.17) is 4.74 Å². The predicted molar refractivity (Wildman–Crippen MR) is 114 cm³/mol. The quantitative estimate of drug-likeness (QED) is 0.598. The zero-order valence-corrected chi connectivity index (χ0v) is 17.2. The van der Waals surface area contributed by atoms with Crippen molar-refractivity contribution < 1.29 is 4.74 Å². The second kappa shape index (κ2) is 9.63. The monoisotopic (exact) mass is 354 g/mol. The highest BCUT2D eigenvalue weighted by Crippen LogP contribution is 2.31. The second-order valence-corrected chi connectivity index (χ2v) is 6.84. The Labute approximate surface area is 159 Å². The highest BCUT2D eigenvalue weighted by Gasteiger charge is 2.17. The van der Waals surface area contributed by atoms with Gasteiger partial charge in [0.2, 0.25) is 0 Å².